The Morgan fingerprint density at radius 2 is 2.13 bits per heavy atom. The van der Waals surface area contributed by atoms with Gasteiger partial charge < -0.3 is 5.73 Å². The number of nitrogens with two attached hydrogens (primary N) is 1. The summed E-state index contributed by atoms with van der Waals surface area (Å²) in [5.41, 5.74) is 11.9. The molecule has 0 fully saturated rings. The van der Waals surface area contributed by atoms with Gasteiger partial charge in [-0.15, -0.1) is 0 Å². The van der Waals surface area contributed by atoms with Crippen molar-refractivity contribution in [3.8, 4) is 0 Å². The largest absolute Gasteiger partial charge is 0.369 e. The number of benzene rings is 1. The molecule has 0 aliphatic heterocycles. The molecule has 1 aliphatic rings. The maximum absolute atomic E-state index is 5.50. The SMILES string of the molecule is CN=C(N)N/N=C1\CCc2ccccc21. The molecule has 0 amide bonds. The Morgan fingerprint density at radius 1 is 1.33 bits per heavy atom. The molecule has 0 spiro atoms. The van der Waals surface area contributed by atoms with Crippen LogP contribution in [-0.4, -0.2) is 18.7 Å². The van der Waals surface area contributed by atoms with Crippen LogP contribution in [0.3, 0.4) is 0 Å². The van der Waals surface area contributed by atoms with Crippen molar-refractivity contribution in [1.29, 1.82) is 0 Å². The molecule has 1 aliphatic carbocycles. The Hall–Kier alpha value is -1.84. The van der Waals surface area contributed by atoms with Crippen molar-refractivity contribution < 1.29 is 0 Å². The zero-order valence-corrected chi connectivity index (χ0v) is 8.70. The van der Waals surface area contributed by atoms with Gasteiger partial charge in [-0.05, 0) is 18.4 Å². The van der Waals surface area contributed by atoms with Gasteiger partial charge >= 0.3 is 0 Å². The smallest absolute Gasteiger partial charge is 0.209 e. The molecule has 0 aromatic heterocycles. The summed E-state index contributed by atoms with van der Waals surface area (Å²) in [4.78, 5) is 3.78. The Morgan fingerprint density at radius 3 is 2.93 bits per heavy atom. The number of rotatable bonds is 1. The third-order valence-corrected chi connectivity index (χ3v) is 2.51. The van der Waals surface area contributed by atoms with E-state index in [1.165, 1.54) is 11.1 Å². The number of hydrazone groups is 1. The number of hydrogen-bond acceptors (Lipinski definition) is 2. The summed E-state index contributed by atoms with van der Waals surface area (Å²) in [6.45, 7) is 0. The van der Waals surface area contributed by atoms with Crippen LogP contribution in [0.25, 0.3) is 0 Å². The number of fused-ring (bicyclic) bond motifs is 1. The maximum Gasteiger partial charge on any atom is 0.209 e. The summed E-state index contributed by atoms with van der Waals surface area (Å²) < 4.78 is 0. The van der Waals surface area contributed by atoms with Crippen LogP contribution in [0, 0.1) is 0 Å². The van der Waals surface area contributed by atoms with Crippen molar-refractivity contribution in [3.63, 3.8) is 0 Å². The lowest BCUT2D eigenvalue weighted by molar-refractivity contribution is 0.981. The molecule has 0 bridgehead atoms. The molecule has 0 radical (unpaired) electrons. The first-order valence-electron chi connectivity index (χ1n) is 4.94. The third kappa shape index (κ3) is 1.98. The second-order valence-corrected chi connectivity index (χ2v) is 3.44. The molecule has 2 rings (SSSR count). The second kappa shape index (κ2) is 4.13. The van der Waals surface area contributed by atoms with Gasteiger partial charge in [-0.1, -0.05) is 24.3 Å². The van der Waals surface area contributed by atoms with Gasteiger partial charge in [0, 0.05) is 12.6 Å². The molecular formula is C11H14N4. The predicted molar refractivity (Wildman–Crippen MR) is 62.0 cm³/mol. The van der Waals surface area contributed by atoms with Crippen LogP contribution in [0.2, 0.25) is 0 Å². The number of nitrogens with zero attached hydrogens (tertiary/aromatic N) is 2. The van der Waals surface area contributed by atoms with E-state index in [4.69, 9.17) is 5.73 Å². The van der Waals surface area contributed by atoms with Crippen molar-refractivity contribution >= 4 is 11.7 Å². The summed E-state index contributed by atoms with van der Waals surface area (Å²) in [6, 6.07) is 8.30. The van der Waals surface area contributed by atoms with E-state index in [9.17, 15) is 0 Å². The van der Waals surface area contributed by atoms with Crippen LogP contribution in [0.4, 0.5) is 0 Å². The van der Waals surface area contributed by atoms with Crippen LogP contribution < -0.4 is 11.2 Å². The van der Waals surface area contributed by atoms with E-state index in [-0.39, 0.29) is 0 Å². The lowest BCUT2D eigenvalue weighted by Crippen LogP contribution is -2.27. The minimum atomic E-state index is 0.340. The zero-order chi connectivity index (χ0) is 10.7. The fourth-order valence-electron chi connectivity index (χ4n) is 1.70. The highest BCUT2D eigenvalue weighted by atomic mass is 15.4. The molecule has 0 unspecified atom stereocenters. The zero-order valence-electron chi connectivity index (χ0n) is 8.70. The number of aryl methyl sites for hydroxylation is 1. The van der Waals surface area contributed by atoms with E-state index in [2.05, 4.69) is 33.7 Å². The van der Waals surface area contributed by atoms with E-state index < -0.39 is 0 Å². The van der Waals surface area contributed by atoms with Crippen LogP contribution >= 0.6 is 0 Å². The first kappa shape index (κ1) is 9.71. The average molecular weight is 202 g/mol. The van der Waals surface area contributed by atoms with Crippen LogP contribution in [0.5, 0.6) is 0 Å². The summed E-state index contributed by atoms with van der Waals surface area (Å²) in [5.74, 6) is 0.340. The molecule has 1 aromatic carbocycles. The molecule has 0 saturated heterocycles. The highest BCUT2D eigenvalue weighted by molar-refractivity contribution is 6.04. The molecule has 1 aromatic rings. The van der Waals surface area contributed by atoms with Gasteiger partial charge in [0.1, 0.15) is 0 Å². The van der Waals surface area contributed by atoms with Crippen molar-refractivity contribution in [2.45, 2.75) is 12.8 Å². The monoisotopic (exact) mass is 202 g/mol. The second-order valence-electron chi connectivity index (χ2n) is 3.44. The van der Waals surface area contributed by atoms with E-state index >= 15 is 0 Å². The molecule has 15 heavy (non-hydrogen) atoms. The number of aliphatic imine (C=N–C) groups is 1. The fraction of sp³-hybridized carbons (Fsp3) is 0.273. The summed E-state index contributed by atoms with van der Waals surface area (Å²) in [6.07, 6.45) is 2.02. The van der Waals surface area contributed by atoms with E-state index in [0.717, 1.165) is 18.6 Å². The molecule has 0 heterocycles. The van der Waals surface area contributed by atoms with Crippen LogP contribution in [0.1, 0.15) is 17.5 Å². The minimum absolute atomic E-state index is 0.340. The molecule has 4 nitrogen and oxygen atoms in total. The molecule has 3 N–H and O–H groups in total. The lowest BCUT2D eigenvalue weighted by atomic mass is 10.1. The average Bonchev–Trinajstić information content (AvgIpc) is 2.69. The normalized spacial score (nSPS) is 17.9. The fourth-order valence-corrected chi connectivity index (χ4v) is 1.70. The maximum atomic E-state index is 5.50. The molecular weight excluding hydrogens is 188 g/mol. The topological polar surface area (TPSA) is 62.8 Å². The Balaban J connectivity index is 2.20. The first-order chi connectivity index (χ1) is 7.31. The Kier molecular flexibility index (Phi) is 2.67. The highest BCUT2D eigenvalue weighted by Crippen LogP contribution is 2.21. The molecule has 4 heteroatoms. The van der Waals surface area contributed by atoms with Gasteiger partial charge in [0.05, 0.1) is 5.71 Å². The van der Waals surface area contributed by atoms with E-state index in [1.54, 1.807) is 7.05 Å². The van der Waals surface area contributed by atoms with E-state index in [1.807, 2.05) is 6.07 Å². The number of hydrogen-bond donors (Lipinski definition) is 2. The number of guanidine groups is 1. The van der Waals surface area contributed by atoms with Gasteiger partial charge in [0.15, 0.2) is 0 Å². The summed E-state index contributed by atoms with van der Waals surface area (Å²) in [7, 11) is 1.63. The molecule has 78 valence electrons. The van der Waals surface area contributed by atoms with Gasteiger partial charge in [-0.3, -0.25) is 4.99 Å². The molecule has 0 saturated carbocycles. The van der Waals surface area contributed by atoms with Crippen molar-refractivity contribution in [1.82, 2.24) is 5.43 Å². The van der Waals surface area contributed by atoms with Gasteiger partial charge in [0.25, 0.3) is 0 Å². The summed E-state index contributed by atoms with van der Waals surface area (Å²) >= 11 is 0. The van der Waals surface area contributed by atoms with Crippen molar-refractivity contribution in [2.24, 2.45) is 15.8 Å². The van der Waals surface area contributed by atoms with Crippen LogP contribution in [-0.2, 0) is 6.42 Å². The Bertz CT molecular complexity index is 420. The summed E-state index contributed by atoms with van der Waals surface area (Å²) in [5, 5.41) is 4.25. The highest BCUT2D eigenvalue weighted by Gasteiger charge is 2.16. The predicted octanol–water partition coefficient (Wildman–Crippen LogP) is 0.871. The van der Waals surface area contributed by atoms with Gasteiger partial charge in [-0.25, -0.2) is 5.43 Å². The quantitative estimate of drug-likeness (QED) is 0.403. The van der Waals surface area contributed by atoms with E-state index in [0.29, 0.717) is 5.96 Å². The van der Waals surface area contributed by atoms with Gasteiger partial charge in [0.2, 0.25) is 5.96 Å². The third-order valence-electron chi connectivity index (χ3n) is 2.51. The molecule has 0 atom stereocenters. The number of nitrogens with one attached hydrogen (secondary N) is 1. The standard InChI is InChI=1S/C11H14N4/c1-13-11(12)15-14-10-7-6-8-4-2-3-5-9(8)10/h2-5H,6-7H2,1H3,(H3,12,13,15)/b14-10+. The first-order valence-corrected chi connectivity index (χ1v) is 4.94. The van der Waals surface area contributed by atoms with Gasteiger partial charge in [-0.2, -0.15) is 5.10 Å². The Labute approximate surface area is 88.9 Å². The lowest BCUT2D eigenvalue weighted by Gasteiger charge is -2.01. The van der Waals surface area contributed by atoms with Crippen molar-refractivity contribution in [2.75, 3.05) is 7.05 Å². The minimum Gasteiger partial charge on any atom is -0.369 e. The van der Waals surface area contributed by atoms with Crippen LogP contribution in [0.15, 0.2) is 34.4 Å². The van der Waals surface area contributed by atoms with Crippen molar-refractivity contribution in [3.05, 3.63) is 35.4 Å².